The summed E-state index contributed by atoms with van der Waals surface area (Å²) in [5.41, 5.74) is 8.75. The third-order valence-electron chi connectivity index (χ3n) is 3.38. The largest absolute Gasteiger partial charge is 0.322 e. The van der Waals surface area contributed by atoms with Crippen molar-refractivity contribution in [2.24, 2.45) is 5.73 Å². The fourth-order valence-electron chi connectivity index (χ4n) is 2.17. The minimum Gasteiger partial charge on any atom is -0.322 e. The van der Waals surface area contributed by atoms with Gasteiger partial charge in [-0.15, -0.1) is 0 Å². The average Bonchev–Trinajstić information content (AvgIpc) is 2.84. The van der Waals surface area contributed by atoms with E-state index >= 15 is 0 Å². The second-order valence-corrected chi connectivity index (χ2v) is 4.80. The standard InChI is InChI=1S/C15H19F2N3/c1-3-11-8-12(4-2)20(19-11)9-15(18)10-5-6-13(16)14(17)7-10/h5-8,15H,3-4,9,18H2,1-2H3. The van der Waals surface area contributed by atoms with E-state index in [0.29, 0.717) is 12.1 Å². The van der Waals surface area contributed by atoms with E-state index in [2.05, 4.69) is 18.1 Å². The first-order valence-corrected chi connectivity index (χ1v) is 6.81. The zero-order valence-electron chi connectivity index (χ0n) is 11.7. The SMILES string of the molecule is CCc1cc(CC)n(CC(N)c2ccc(F)c(F)c2)n1. The van der Waals surface area contributed by atoms with E-state index in [-0.39, 0.29) is 0 Å². The molecular formula is C15H19F2N3. The number of hydrogen-bond donors (Lipinski definition) is 1. The maximum absolute atomic E-state index is 13.2. The monoisotopic (exact) mass is 279 g/mol. The summed E-state index contributed by atoms with van der Waals surface area (Å²) in [6.45, 7) is 4.55. The second kappa shape index (κ2) is 6.13. The zero-order valence-corrected chi connectivity index (χ0v) is 11.7. The average molecular weight is 279 g/mol. The quantitative estimate of drug-likeness (QED) is 0.914. The van der Waals surface area contributed by atoms with Gasteiger partial charge in [-0.3, -0.25) is 4.68 Å². The summed E-state index contributed by atoms with van der Waals surface area (Å²) in [5, 5.41) is 4.47. The molecule has 5 heteroatoms. The van der Waals surface area contributed by atoms with E-state index < -0.39 is 17.7 Å². The molecule has 1 aromatic carbocycles. The van der Waals surface area contributed by atoms with Crippen molar-refractivity contribution in [2.45, 2.75) is 39.3 Å². The molecule has 0 amide bonds. The van der Waals surface area contributed by atoms with E-state index in [0.717, 1.165) is 36.4 Å². The summed E-state index contributed by atoms with van der Waals surface area (Å²) >= 11 is 0. The van der Waals surface area contributed by atoms with Gasteiger partial charge in [0.15, 0.2) is 11.6 Å². The van der Waals surface area contributed by atoms with Crippen LogP contribution in [0.5, 0.6) is 0 Å². The number of aryl methyl sites for hydroxylation is 2. The van der Waals surface area contributed by atoms with Crippen LogP contribution < -0.4 is 5.73 Å². The Morgan fingerprint density at radius 2 is 1.90 bits per heavy atom. The van der Waals surface area contributed by atoms with E-state index in [1.54, 1.807) is 0 Å². The van der Waals surface area contributed by atoms with Gasteiger partial charge in [-0.25, -0.2) is 8.78 Å². The molecule has 0 aliphatic rings. The lowest BCUT2D eigenvalue weighted by Crippen LogP contribution is -2.20. The van der Waals surface area contributed by atoms with Crippen LogP contribution in [0, 0.1) is 11.6 Å². The van der Waals surface area contributed by atoms with E-state index in [1.807, 2.05) is 11.6 Å². The fraction of sp³-hybridized carbons (Fsp3) is 0.400. The van der Waals surface area contributed by atoms with Gasteiger partial charge >= 0.3 is 0 Å². The molecule has 0 aliphatic carbocycles. The highest BCUT2D eigenvalue weighted by molar-refractivity contribution is 5.21. The lowest BCUT2D eigenvalue weighted by atomic mass is 10.1. The van der Waals surface area contributed by atoms with Crippen molar-refractivity contribution in [2.75, 3.05) is 0 Å². The zero-order chi connectivity index (χ0) is 14.7. The molecule has 1 atom stereocenters. The first kappa shape index (κ1) is 14.7. The summed E-state index contributed by atoms with van der Waals surface area (Å²) < 4.78 is 28.0. The summed E-state index contributed by atoms with van der Waals surface area (Å²) in [5.74, 6) is -1.73. The van der Waals surface area contributed by atoms with Gasteiger partial charge in [0.25, 0.3) is 0 Å². The van der Waals surface area contributed by atoms with Crippen molar-refractivity contribution in [1.29, 1.82) is 0 Å². The van der Waals surface area contributed by atoms with Crippen LogP contribution in [0.4, 0.5) is 8.78 Å². The molecule has 108 valence electrons. The van der Waals surface area contributed by atoms with Crippen molar-refractivity contribution in [1.82, 2.24) is 9.78 Å². The van der Waals surface area contributed by atoms with E-state index in [4.69, 9.17) is 5.73 Å². The number of halogens is 2. The highest BCUT2D eigenvalue weighted by Crippen LogP contribution is 2.17. The minimum absolute atomic E-state index is 0.417. The van der Waals surface area contributed by atoms with Crippen LogP contribution in [0.2, 0.25) is 0 Å². The first-order chi connectivity index (χ1) is 9.55. The van der Waals surface area contributed by atoms with Crippen molar-refractivity contribution in [3.63, 3.8) is 0 Å². The maximum atomic E-state index is 13.2. The Kier molecular flexibility index (Phi) is 4.49. The number of aromatic nitrogens is 2. The lowest BCUT2D eigenvalue weighted by molar-refractivity contribution is 0.488. The van der Waals surface area contributed by atoms with Gasteiger partial charge in [0.05, 0.1) is 12.2 Å². The Balaban J connectivity index is 2.20. The van der Waals surface area contributed by atoms with Crippen LogP contribution in [-0.2, 0) is 19.4 Å². The first-order valence-electron chi connectivity index (χ1n) is 6.81. The van der Waals surface area contributed by atoms with Gasteiger partial charge in [0.1, 0.15) is 0 Å². The van der Waals surface area contributed by atoms with E-state index in [1.165, 1.54) is 6.07 Å². The lowest BCUT2D eigenvalue weighted by Gasteiger charge is -2.14. The van der Waals surface area contributed by atoms with Crippen LogP contribution >= 0.6 is 0 Å². The molecule has 1 aromatic heterocycles. The highest BCUT2D eigenvalue weighted by atomic mass is 19.2. The Bertz CT molecular complexity index is 593. The Labute approximate surface area is 117 Å². The van der Waals surface area contributed by atoms with Crippen LogP contribution in [0.1, 0.15) is 36.8 Å². The molecule has 0 saturated heterocycles. The molecule has 0 aliphatic heterocycles. The molecule has 2 aromatic rings. The third-order valence-corrected chi connectivity index (χ3v) is 3.38. The molecule has 0 saturated carbocycles. The number of hydrogen-bond acceptors (Lipinski definition) is 2. The maximum Gasteiger partial charge on any atom is 0.159 e. The van der Waals surface area contributed by atoms with Gasteiger partial charge in [0.2, 0.25) is 0 Å². The van der Waals surface area contributed by atoms with Crippen LogP contribution in [-0.4, -0.2) is 9.78 Å². The number of rotatable bonds is 5. The van der Waals surface area contributed by atoms with Gasteiger partial charge in [-0.1, -0.05) is 19.9 Å². The Morgan fingerprint density at radius 1 is 1.15 bits per heavy atom. The van der Waals surface area contributed by atoms with Crippen molar-refractivity contribution in [3.8, 4) is 0 Å². The van der Waals surface area contributed by atoms with Crippen LogP contribution in [0.3, 0.4) is 0 Å². The molecule has 1 unspecified atom stereocenters. The van der Waals surface area contributed by atoms with Gasteiger partial charge < -0.3 is 5.73 Å². The van der Waals surface area contributed by atoms with Crippen LogP contribution in [0.25, 0.3) is 0 Å². The molecule has 0 spiro atoms. The van der Waals surface area contributed by atoms with E-state index in [9.17, 15) is 8.78 Å². The summed E-state index contributed by atoms with van der Waals surface area (Å²) in [4.78, 5) is 0. The highest BCUT2D eigenvalue weighted by Gasteiger charge is 2.13. The van der Waals surface area contributed by atoms with Crippen molar-refractivity contribution >= 4 is 0 Å². The van der Waals surface area contributed by atoms with Crippen molar-refractivity contribution < 1.29 is 8.78 Å². The molecule has 2 rings (SSSR count). The number of benzene rings is 1. The molecule has 1 heterocycles. The minimum atomic E-state index is -0.872. The molecule has 0 fully saturated rings. The molecule has 0 radical (unpaired) electrons. The Morgan fingerprint density at radius 3 is 2.50 bits per heavy atom. The van der Waals surface area contributed by atoms with Gasteiger partial charge in [-0.2, -0.15) is 5.10 Å². The summed E-state index contributed by atoms with van der Waals surface area (Å²) in [6, 6.07) is 5.40. The predicted octanol–water partition coefficient (Wildman–Crippen LogP) is 2.99. The molecular weight excluding hydrogens is 260 g/mol. The number of nitrogens with two attached hydrogens (primary N) is 1. The molecule has 2 N–H and O–H groups in total. The smallest absolute Gasteiger partial charge is 0.159 e. The Hall–Kier alpha value is -1.75. The summed E-state index contributed by atoms with van der Waals surface area (Å²) in [7, 11) is 0. The second-order valence-electron chi connectivity index (χ2n) is 4.80. The van der Waals surface area contributed by atoms with Crippen molar-refractivity contribution in [3.05, 3.63) is 52.9 Å². The molecule has 3 nitrogen and oxygen atoms in total. The number of nitrogens with zero attached hydrogens (tertiary/aromatic N) is 2. The fourth-order valence-corrected chi connectivity index (χ4v) is 2.17. The topological polar surface area (TPSA) is 43.8 Å². The summed E-state index contributed by atoms with van der Waals surface area (Å²) in [6.07, 6.45) is 1.72. The van der Waals surface area contributed by atoms with Gasteiger partial charge in [0, 0.05) is 11.7 Å². The predicted molar refractivity (Wildman–Crippen MR) is 74.3 cm³/mol. The normalized spacial score (nSPS) is 12.7. The third kappa shape index (κ3) is 3.04. The molecule has 20 heavy (non-hydrogen) atoms. The molecule has 0 bridgehead atoms. The van der Waals surface area contributed by atoms with Gasteiger partial charge in [-0.05, 0) is 36.6 Å². The van der Waals surface area contributed by atoms with Crippen LogP contribution in [0.15, 0.2) is 24.3 Å².